The normalized spacial score (nSPS) is 25.1. The minimum atomic E-state index is -0.893. The molecule has 1 fully saturated rings. The maximum atomic E-state index is 12.5. The molecule has 4 atom stereocenters. The highest BCUT2D eigenvalue weighted by atomic mass is 16.4. The van der Waals surface area contributed by atoms with E-state index >= 15 is 0 Å². The molecule has 4 unspecified atom stereocenters. The molecular formula is C13H23N3O4. The van der Waals surface area contributed by atoms with Gasteiger partial charge in [-0.05, 0) is 19.3 Å². The van der Waals surface area contributed by atoms with Crippen LogP contribution in [0.4, 0.5) is 4.79 Å². The van der Waals surface area contributed by atoms with Gasteiger partial charge in [0.15, 0.2) is 0 Å². The van der Waals surface area contributed by atoms with Gasteiger partial charge in [-0.25, -0.2) is 4.79 Å². The smallest absolute Gasteiger partial charge is 0.312 e. The lowest BCUT2D eigenvalue weighted by atomic mass is 9.97. The molecule has 0 aromatic carbocycles. The lowest BCUT2D eigenvalue weighted by Gasteiger charge is -2.30. The number of hydrogen-bond acceptors (Lipinski definition) is 3. The summed E-state index contributed by atoms with van der Waals surface area (Å²) in [7, 11) is 0. The van der Waals surface area contributed by atoms with E-state index in [0.29, 0.717) is 19.4 Å². The van der Waals surface area contributed by atoms with Gasteiger partial charge in [0.25, 0.3) is 0 Å². The quantitative estimate of drug-likeness (QED) is 0.678. The molecule has 20 heavy (non-hydrogen) atoms. The SMILES string of the molecule is CCC(C)C(NC(N)=O)C(=O)N1CCC(C(=O)O)C1C. The van der Waals surface area contributed by atoms with Gasteiger partial charge in [-0.3, -0.25) is 9.59 Å². The van der Waals surface area contributed by atoms with E-state index in [1.165, 1.54) is 4.90 Å². The van der Waals surface area contributed by atoms with Crippen molar-refractivity contribution >= 4 is 17.9 Å². The summed E-state index contributed by atoms with van der Waals surface area (Å²) < 4.78 is 0. The summed E-state index contributed by atoms with van der Waals surface area (Å²) in [6.07, 6.45) is 1.15. The maximum Gasteiger partial charge on any atom is 0.312 e. The second kappa shape index (κ2) is 6.58. The largest absolute Gasteiger partial charge is 0.481 e. The molecule has 0 radical (unpaired) electrons. The van der Waals surface area contributed by atoms with Crippen molar-refractivity contribution in [3.63, 3.8) is 0 Å². The van der Waals surface area contributed by atoms with Gasteiger partial charge >= 0.3 is 12.0 Å². The number of primary amides is 1. The van der Waals surface area contributed by atoms with Crippen LogP contribution in [0.3, 0.4) is 0 Å². The van der Waals surface area contributed by atoms with E-state index < -0.39 is 24.0 Å². The third-order valence-corrected chi connectivity index (χ3v) is 4.13. The number of nitrogens with zero attached hydrogens (tertiary/aromatic N) is 1. The van der Waals surface area contributed by atoms with Crippen LogP contribution < -0.4 is 11.1 Å². The van der Waals surface area contributed by atoms with Crippen LogP contribution in [0.1, 0.15) is 33.6 Å². The molecule has 3 amide bonds. The maximum absolute atomic E-state index is 12.5. The molecule has 7 heteroatoms. The number of aliphatic carboxylic acids is 1. The van der Waals surface area contributed by atoms with Gasteiger partial charge in [-0.2, -0.15) is 0 Å². The Hall–Kier alpha value is -1.79. The molecule has 0 aliphatic carbocycles. The molecule has 0 bridgehead atoms. The molecule has 1 saturated heterocycles. The molecule has 1 rings (SSSR count). The summed E-state index contributed by atoms with van der Waals surface area (Å²) in [4.78, 5) is 36.2. The number of nitrogens with one attached hydrogen (secondary N) is 1. The summed E-state index contributed by atoms with van der Waals surface area (Å²) in [6, 6.07) is -1.82. The van der Waals surface area contributed by atoms with Crippen molar-refractivity contribution < 1.29 is 19.5 Å². The van der Waals surface area contributed by atoms with Crippen molar-refractivity contribution in [3.05, 3.63) is 0 Å². The standard InChI is InChI=1S/C13H23N3O4/c1-4-7(2)10(15-13(14)20)11(17)16-6-5-9(8(16)3)12(18)19/h7-10H,4-6H2,1-3H3,(H,18,19)(H3,14,15,20). The number of amides is 3. The topological polar surface area (TPSA) is 113 Å². The Morgan fingerprint density at radius 3 is 2.45 bits per heavy atom. The van der Waals surface area contributed by atoms with Crippen molar-refractivity contribution in [1.82, 2.24) is 10.2 Å². The van der Waals surface area contributed by atoms with Crippen molar-refractivity contribution in [3.8, 4) is 0 Å². The van der Waals surface area contributed by atoms with Crippen molar-refractivity contribution in [2.45, 2.75) is 45.7 Å². The monoisotopic (exact) mass is 285 g/mol. The molecule has 0 aromatic rings. The van der Waals surface area contributed by atoms with Crippen LogP contribution in [0, 0.1) is 11.8 Å². The number of carboxylic acid groups (broad SMARTS) is 1. The highest BCUT2D eigenvalue weighted by Gasteiger charge is 2.41. The van der Waals surface area contributed by atoms with Gasteiger partial charge in [0, 0.05) is 12.6 Å². The summed E-state index contributed by atoms with van der Waals surface area (Å²) in [5.41, 5.74) is 5.12. The van der Waals surface area contributed by atoms with Crippen LogP contribution >= 0.6 is 0 Å². The fourth-order valence-corrected chi connectivity index (χ4v) is 2.60. The van der Waals surface area contributed by atoms with Gasteiger partial charge in [-0.1, -0.05) is 20.3 Å². The third-order valence-electron chi connectivity index (χ3n) is 4.13. The fourth-order valence-electron chi connectivity index (χ4n) is 2.60. The molecule has 4 N–H and O–H groups in total. The predicted octanol–water partition coefficient (Wildman–Crippen LogP) is 0.391. The molecular weight excluding hydrogens is 262 g/mol. The Morgan fingerprint density at radius 2 is 2.05 bits per heavy atom. The summed E-state index contributed by atoms with van der Waals surface area (Å²) >= 11 is 0. The highest BCUT2D eigenvalue weighted by Crippen LogP contribution is 2.26. The average Bonchev–Trinajstić information content (AvgIpc) is 2.76. The van der Waals surface area contributed by atoms with E-state index in [1.807, 2.05) is 13.8 Å². The zero-order valence-corrected chi connectivity index (χ0v) is 12.1. The number of carbonyl (C=O) groups excluding carboxylic acids is 2. The van der Waals surface area contributed by atoms with Crippen LogP contribution in [0.15, 0.2) is 0 Å². The first-order chi connectivity index (χ1) is 9.29. The van der Waals surface area contributed by atoms with Gasteiger partial charge in [0.2, 0.25) is 5.91 Å². The zero-order valence-electron chi connectivity index (χ0n) is 12.1. The molecule has 1 aliphatic heterocycles. The lowest BCUT2D eigenvalue weighted by molar-refractivity contribution is -0.143. The Kier molecular flexibility index (Phi) is 5.35. The first-order valence-electron chi connectivity index (χ1n) is 6.88. The van der Waals surface area contributed by atoms with Gasteiger partial charge in [0.1, 0.15) is 6.04 Å². The molecule has 1 heterocycles. The van der Waals surface area contributed by atoms with Gasteiger partial charge in [0.05, 0.1) is 5.92 Å². The number of carbonyl (C=O) groups is 3. The summed E-state index contributed by atoms with van der Waals surface area (Å²) in [6.45, 7) is 5.89. The number of likely N-dealkylation sites (tertiary alicyclic amines) is 1. The Balaban J connectivity index is 2.85. The van der Waals surface area contributed by atoms with Crippen LogP contribution in [-0.4, -0.2) is 46.5 Å². The summed E-state index contributed by atoms with van der Waals surface area (Å²) in [5.74, 6) is -1.76. The number of rotatable bonds is 5. The van der Waals surface area contributed by atoms with E-state index in [1.54, 1.807) is 6.92 Å². The molecule has 0 spiro atoms. The van der Waals surface area contributed by atoms with E-state index in [4.69, 9.17) is 10.8 Å². The molecule has 7 nitrogen and oxygen atoms in total. The minimum Gasteiger partial charge on any atom is -0.481 e. The Labute approximate surface area is 118 Å². The summed E-state index contributed by atoms with van der Waals surface area (Å²) in [5, 5.41) is 11.6. The number of carboxylic acids is 1. The Bertz CT molecular complexity index is 399. The molecule has 0 saturated carbocycles. The van der Waals surface area contributed by atoms with E-state index in [9.17, 15) is 14.4 Å². The second-order valence-corrected chi connectivity index (χ2v) is 5.38. The van der Waals surface area contributed by atoms with Crippen molar-refractivity contribution in [2.75, 3.05) is 6.54 Å². The zero-order chi connectivity index (χ0) is 15.4. The Morgan fingerprint density at radius 1 is 1.45 bits per heavy atom. The van der Waals surface area contributed by atoms with Gasteiger partial charge < -0.3 is 21.1 Å². The first-order valence-corrected chi connectivity index (χ1v) is 6.88. The van der Waals surface area contributed by atoms with Crippen LogP contribution in [0.2, 0.25) is 0 Å². The average molecular weight is 285 g/mol. The minimum absolute atomic E-state index is 0.0638. The van der Waals surface area contributed by atoms with Gasteiger partial charge in [-0.15, -0.1) is 0 Å². The van der Waals surface area contributed by atoms with E-state index in [-0.39, 0.29) is 17.9 Å². The fraction of sp³-hybridized carbons (Fsp3) is 0.769. The van der Waals surface area contributed by atoms with Crippen molar-refractivity contribution in [2.24, 2.45) is 17.6 Å². The number of hydrogen-bond donors (Lipinski definition) is 3. The second-order valence-electron chi connectivity index (χ2n) is 5.38. The lowest BCUT2D eigenvalue weighted by Crippen LogP contribution is -2.54. The first kappa shape index (κ1) is 16.3. The van der Waals surface area contributed by atoms with E-state index in [0.717, 1.165) is 0 Å². The van der Waals surface area contributed by atoms with Crippen molar-refractivity contribution in [1.29, 1.82) is 0 Å². The highest BCUT2D eigenvalue weighted by molar-refractivity contribution is 5.88. The van der Waals surface area contributed by atoms with Crippen LogP contribution in [0.5, 0.6) is 0 Å². The molecule has 114 valence electrons. The third kappa shape index (κ3) is 3.40. The predicted molar refractivity (Wildman–Crippen MR) is 72.9 cm³/mol. The van der Waals surface area contributed by atoms with Crippen LogP contribution in [-0.2, 0) is 9.59 Å². The molecule has 0 aromatic heterocycles. The number of nitrogens with two attached hydrogens (primary N) is 1. The molecule has 1 aliphatic rings. The number of urea groups is 1. The van der Waals surface area contributed by atoms with E-state index in [2.05, 4.69) is 5.32 Å². The van der Waals surface area contributed by atoms with Crippen LogP contribution in [0.25, 0.3) is 0 Å².